The Labute approximate surface area is 130 Å². The number of rotatable bonds is 4. The first-order valence-electron chi connectivity index (χ1n) is 7.24. The number of hydrogen-bond acceptors (Lipinski definition) is 5. The molecule has 3 rings (SSSR count). The normalized spacial score (nSPS) is 24.4. The van der Waals surface area contributed by atoms with Crippen molar-refractivity contribution in [1.82, 2.24) is 9.71 Å². The summed E-state index contributed by atoms with van der Waals surface area (Å²) in [6.07, 6.45) is 5.36. The predicted molar refractivity (Wildman–Crippen MR) is 79.7 cm³/mol. The zero-order valence-electron chi connectivity index (χ0n) is 12.9. The summed E-state index contributed by atoms with van der Waals surface area (Å²) in [5.74, 6) is -0.440. The molecule has 1 heterocycles. The number of sulfonamides is 1. The van der Waals surface area contributed by atoms with Crippen LogP contribution in [0.3, 0.4) is 0 Å². The van der Waals surface area contributed by atoms with E-state index >= 15 is 0 Å². The molecular formula is C15H20N2O4S. The van der Waals surface area contributed by atoms with Crippen molar-refractivity contribution in [2.45, 2.75) is 38.0 Å². The Morgan fingerprint density at radius 2 is 2.09 bits per heavy atom. The smallest absolute Gasteiger partial charge is 0.269 e. The summed E-state index contributed by atoms with van der Waals surface area (Å²) in [6.45, 7) is 4.34. The average molecular weight is 324 g/mol. The van der Waals surface area contributed by atoms with E-state index in [1.54, 1.807) is 0 Å². The van der Waals surface area contributed by atoms with Crippen LogP contribution in [0, 0.1) is 16.7 Å². The lowest BCUT2D eigenvalue weighted by atomic mass is 9.61. The molecule has 1 aromatic rings. The number of hydrogen-bond donors (Lipinski definition) is 1. The predicted octanol–water partition coefficient (Wildman–Crippen LogP) is 1.72. The number of nitrogens with one attached hydrogen (secondary N) is 1. The SMILES string of the molecule is COc1ccncc1S(=O)(=O)NC(=O)C1CC12CC(C)(C)C2. The van der Waals surface area contributed by atoms with E-state index in [2.05, 4.69) is 23.6 Å². The molecule has 2 fully saturated rings. The number of methoxy groups -OCH3 is 1. The molecule has 1 amide bonds. The molecular weight excluding hydrogens is 304 g/mol. The summed E-state index contributed by atoms with van der Waals surface area (Å²) in [7, 11) is -2.58. The van der Waals surface area contributed by atoms with Gasteiger partial charge in [0.15, 0.2) is 0 Å². The minimum Gasteiger partial charge on any atom is -0.495 e. The first-order chi connectivity index (χ1) is 10.2. The molecule has 1 spiro atoms. The summed E-state index contributed by atoms with van der Waals surface area (Å²) in [6, 6.07) is 1.45. The Kier molecular flexibility index (Phi) is 3.25. The Bertz CT molecular complexity index is 719. The number of nitrogens with zero attached hydrogens (tertiary/aromatic N) is 1. The minimum absolute atomic E-state index is 0.0299. The molecule has 1 N–H and O–H groups in total. The monoisotopic (exact) mass is 324 g/mol. The molecule has 0 radical (unpaired) electrons. The van der Waals surface area contributed by atoms with Gasteiger partial charge in [0.05, 0.1) is 13.3 Å². The highest BCUT2D eigenvalue weighted by Gasteiger charge is 2.67. The molecule has 0 saturated heterocycles. The topological polar surface area (TPSA) is 85.4 Å². The molecule has 2 saturated carbocycles. The molecule has 2 aliphatic carbocycles. The summed E-state index contributed by atoms with van der Waals surface area (Å²) >= 11 is 0. The Morgan fingerprint density at radius 1 is 1.41 bits per heavy atom. The number of carbonyl (C=O) groups excluding carboxylic acids is 1. The zero-order chi connectivity index (χ0) is 16.2. The third-order valence-corrected chi connectivity index (χ3v) is 6.01. The maximum atomic E-state index is 12.3. The van der Waals surface area contributed by atoms with Gasteiger partial charge in [-0.15, -0.1) is 0 Å². The van der Waals surface area contributed by atoms with Gasteiger partial charge < -0.3 is 4.74 Å². The van der Waals surface area contributed by atoms with E-state index < -0.39 is 15.9 Å². The third-order valence-electron chi connectivity index (χ3n) is 4.66. The Balaban J connectivity index is 1.72. The van der Waals surface area contributed by atoms with E-state index in [0.717, 1.165) is 19.3 Å². The van der Waals surface area contributed by atoms with Crippen LogP contribution in [0.25, 0.3) is 0 Å². The van der Waals surface area contributed by atoms with Crippen molar-refractivity contribution in [3.63, 3.8) is 0 Å². The lowest BCUT2D eigenvalue weighted by Gasteiger charge is -2.44. The van der Waals surface area contributed by atoms with Gasteiger partial charge in [0, 0.05) is 12.1 Å². The van der Waals surface area contributed by atoms with Gasteiger partial charge in [-0.3, -0.25) is 9.78 Å². The Hall–Kier alpha value is -1.63. The molecule has 22 heavy (non-hydrogen) atoms. The first-order valence-corrected chi connectivity index (χ1v) is 8.72. The van der Waals surface area contributed by atoms with Gasteiger partial charge in [-0.2, -0.15) is 0 Å². The molecule has 120 valence electrons. The highest BCUT2D eigenvalue weighted by molar-refractivity contribution is 7.90. The van der Waals surface area contributed by atoms with Crippen LogP contribution < -0.4 is 9.46 Å². The van der Waals surface area contributed by atoms with Gasteiger partial charge in [-0.05, 0) is 36.2 Å². The van der Waals surface area contributed by atoms with Crippen molar-refractivity contribution in [2.75, 3.05) is 7.11 Å². The van der Waals surface area contributed by atoms with Crippen molar-refractivity contribution < 1.29 is 17.9 Å². The van der Waals surface area contributed by atoms with Crippen molar-refractivity contribution in [2.24, 2.45) is 16.7 Å². The van der Waals surface area contributed by atoms with Crippen LogP contribution in [0.5, 0.6) is 5.75 Å². The van der Waals surface area contributed by atoms with E-state index in [1.807, 2.05) is 0 Å². The summed E-state index contributed by atoms with van der Waals surface area (Å²) in [4.78, 5) is 15.9. The fourth-order valence-corrected chi connectivity index (χ4v) is 5.09. The van der Waals surface area contributed by atoms with Gasteiger partial charge in [0.1, 0.15) is 10.6 Å². The van der Waals surface area contributed by atoms with E-state index in [4.69, 9.17) is 4.74 Å². The number of pyridine rings is 1. The minimum atomic E-state index is -3.96. The maximum Gasteiger partial charge on any atom is 0.269 e. The van der Waals surface area contributed by atoms with Crippen molar-refractivity contribution in [1.29, 1.82) is 0 Å². The summed E-state index contributed by atoms with van der Waals surface area (Å²) < 4.78 is 31.9. The van der Waals surface area contributed by atoms with Gasteiger partial charge in [0.25, 0.3) is 10.0 Å². The summed E-state index contributed by atoms with van der Waals surface area (Å²) in [5.41, 5.74) is 0.294. The van der Waals surface area contributed by atoms with E-state index in [-0.39, 0.29) is 27.4 Å². The summed E-state index contributed by atoms with van der Waals surface area (Å²) in [5, 5.41) is 0. The Morgan fingerprint density at radius 3 is 2.68 bits per heavy atom. The largest absolute Gasteiger partial charge is 0.495 e. The van der Waals surface area contributed by atoms with Crippen molar-refractivity contribution in [3.8, 4) is 5.75 Å². The second-order valence-corrected chi connectivity index (χ2v) is 8.78. The van der Waals surface area contributed by atoms with Gasteiger partial charge in [-0.1, -0.05) is 13.8 Å². The molecule has 6 nitrogen and oxygen atoms in total. The van der Waals surface area contributed by atoms with Crippen LogP contribution in [0.1, 0.15) is 33.1 Å². The molecule has 1 unspecified atom stereocenters. The van der Waals surface area contributed by atoms with Crippen molar-refractivity contribution in [3.05, 3.63) is 18.5 Å². The molecule has 0 aromatic carbocycles. The highest BCUT2D eigenvalue weighted by Crippen LogP contribution is 2.71. The zero-order valence-corrected chi connectivity index (χ0v) is 13.7. The third kappa shape index (κ3) is 2.47. The van der Waals surface area contributed by atoms with Gasteiger partial charge >= 0.3 is 0 Å². The number of aromatic nitrogens is 1. The quantitative estimate of drug-likeness (QED) is 0.911. The lowest BCUT2D eigenvalue weighted by molar-refractivity contribution is -0.122. The van der Waals surface area contributed by atoms with Crippen LogP contribution in [0.2, 0.25) is 0 Å². The second kappa shape index (κ2) is 4.68. The van der Waals surface area contributed by atoms with Crippen LogP contribution in [0.4, 0.5) is 0 Å². The molecule has 1 atom stereocenters. The van der Waals surface area contributed by atoms with E-state index in [1.165, 1.54) is 25.6 Å². The molecule has 1 aromatic heterocycles. The number of ether oxygens (including phenoxy) is 1. The highest BCUT2D eigenvalue weighted by atomic mass is 32.2. The van der Waals surface area contributed by atoms with E-state index in [0.29, 0.717) is 0 Å². The molecule has 0 bridgehead atoms. The molecule has 7 heteroatoms. The van der Waals surface area contributed by atoms with Crippen LogP contribution >= 0.6 is 0 Å². The number of amides is 1. The molecule has 2 aliphatic rings. The number of carbonyl (C=O) groups is 1. The van der Waals surface area contributed by atoms with Gasteiger partial charge in [0.2, 0.25) is 5.91 Å². The van der Waals surface area contributed by atoms with Crippen LogP contribution in [-0.4, -0.2) is 26.4 Å². The average Bonchev–Trinajstić information content (AvgIpc) is 3.11. The lowest BCUT2D eigenvalue weighted by Crippen LogP contribution is -2.39. The molecule has 0 aliphatic heterocycles. The van der Waals surface area contributed by atoms with Crippen LogP contribution in [0.15, 0.2) is 23.4 Å². The first kappa shape index (κ1) is 15.3. The van der Waals surface area contributed by atoms with Gasteiger partial charge in [-0.25, -0.2) is 13.1 Å². The van der Waals surface area contributed by atoms with E-state index in [9.17, 15) is 13.2 Å². The van der Waals surface area contributed by atoms with Crippen molar-refractivity contribution >= 4 is 15.9 Å². The fraction of sp³-hybridized carbons (Fsp3) is 0.600. The fourth-order valence-electron chi connectivity index (χ4n) is 3.96. The van der Waals surface area contributed by atoms with Crippen LogP contribution in [-0.2, 0) is 14.8 Å². The maximum absolute atomic E-state index is 12.3. The standard InChI is InChI=1S/C15H20N2O4S/c1-14(2)8-15(9-14)6-10(15)13(18)17-22(19,20)12-7-16-5-4-11(12)21-3/h4-5,7,10H,6,8-9H2,1-3H3,(H,17,18). The second-order valence-electron chi connectivity index (χ2n) is 7.13.